The number of benzene rings is 6. The Kier molecular flexibility index (Phi) is 25.8. The number of rotatable bonds is 16. The zero-order valence-electron chi connectivity index (χ0n) is 66.8. The van der Waals surface area contributed by atoms with Crippen molar-refractivity contribution in [3.8, 4) is 45.0 Å². The minimum Gasteiger partial charge on any atom is -0.339 e. The van der Waals surface area contributed by atoms with Gasteiger partial charge >= 0.3 is 24.7 Å². The molecule has 10 heterocycles. The van der Waals surface area contributed by atoms with Crippen LogP contribution in [0.2, 0.25) is 0 Å². The van der Waals surface area contributed by atoms with Gasteiger partial charge in [-0.3, -0.25) is 40.3 Å². The lowest BCUT2D eigenvalue weighted by atomic mass is 9.86. The van der Waals surface area contributed by atoms with E-state index in [1.807, 2.05) is 98.8 Å². The van der Waals surface area contributed by atoms with Crippen molar-refractivity contribution in [1.29, 1.82) is 0 Å². The van der Waals surface area contributed by atoms with Gasteiger partial charge in [-0.15, -0.1) is 0 Å². The van der Waals surface area contributed by atoms with Crippen molar-refractivity contribution < 1.29 is 52.7 Å². The predicted molar refractivity (Wildman–Crippen MR) is 452 cm³/mol. The summed E-state index contributed by atoms with van der Waals surface area (Å²) in [5.41, 5.74) is 8.43. The number of aromatic nitrogens is 12. The van der Waals surface area contributed by atoms with E-state index in [1.165, 1.54) is 61.4 Å². The van der Waals surface area contributed by atoms with Gasteiger partial charge in [-0.25, -0.2) is 0 Å². The smallest absolute Gasteiger partial charge is 0.339 e. The number of aromatic amines is 4. The molecule has 2 aliphatic heterocycles. The van der Waals surface area contributed by atoms with Crippen molar-refractivity contribution in [3.63, 3.8) is 0 Å². The number of hydrogen-bond acceptors (Lipinski definition) is 14. The van der Waals surface area contributed by atoms with Crippen LogP contribution in [-0.4, -0.2) is 86.9 Å². The molecule has 8 aromatic heterocycles. The van der Waals surface area contributed by atoms with Gasteiger partial charge in [0.1, 0.15) is 0 Å². The van der Waals surface area contributed by atoms with E-state index in [1.54, 1.807) is 48.5 Å². The summed E-state index contributed by atoms with van der Waals surface area (Å²) in [5, 5.41) is 50.2. The van der Waals surface area contributed by atoms with Crippen LogP contribution in [-0.2, 0) is 24.7 Å². The monoisotopic (exact) mass is 1670 g/mol. The second-order valence-electron chi connectivity index (χ2n) is 31.2. The van der Waals surface area contributed by atoms with E-state index < -0.39 is 47.0 Å². The number of alkyl halides is 12. The van der Waals surface area contributed by atoms with Crippen molar-refractivity contribution in [3.05, 3.63) is 263 Å². The number of aryl methyl sites for hydroxylation is 2. The summed E-state index contributed by atoms with van der Waals surface area (Å²) >= 11 is 0. The van der Waals surface area contributed by atoms with Crippen LogP contribution in [0.4, 0.5) is 98.7 Å². The molecule has 6 aromatic carbocycles. The molecule has 632 valence electrons. The fourth-order valence-corrected chi connectivity index (χ4v) is 16.4. The van der Waals surface area contributed by atoms with Crippen molar-refractivity contribution in [2.45, 2.75) is 152 Å². The summed E-state index contributed by atoms with van der Waals surface area (Å²) in [7, 11) is 0. The summed E-state index contributed by atoms with van der Waals surface area (Å²) in [5.74, 6) is 3.40. The molecule has 0 atom stereocenters. The number of pyridine rings is 4. The molecule has 14 aromatic rings. The Bertz CT molecular complexity index is 5520. The fourth-order valence-electron chi connectivity index (χ4n) is 16.4. The first-order chi connectivity index (χ1) is 58.8. The first kappa shape index (κ1) is 84.6. The Hall–Kier alpha value is -12.4. The van der Waals surface area contributed by atoms with Crippen LogP contribution in [0.1, 0.15) is 170 Å². The molecule has 2 aliphatic carbocycles. The molecule has 0 radical (unpaired) electrons. The first-order valence-electron chi connectivity index (χ1n) is 40.9. The molecular weight excluding hydrogens is 1590 g/mol. The number of hydrogen-bond donors (Lipinski definition) is 10. The van der Waals surface area contributed by atoms with Crippen LogP contribution in [0.25, 0.3) is 66.8 Å². The summed E-state index contributed by atoms with van der Waals surface area (Å²) in [4.78, 5) is 18.8. The Morgan fingerprint density at radius 3 is 0.844 bits per heavy atom. The molecule has 2 saturated carbocycles. The lowest BCUT2D eigenvalue weighted by Gasteiger charge is -2.23. The quantitative estimate of drug-likeness (QED) is 0.0405. The lowest BCUT2D eigenvalue weighted by Crippen LogP contribution is -2.27. The van der Waals surface area contributed by atoms with Crippen molar-refractivity contribution in [2.75, 3.05) is 47.4 Å². The Morgan fingerprint density at radius 1 is 0.287 bits per heavy atom. The average molecular weight is 1680 g/mol. The van der Waals surface area contributed by atoms with E-state index in [9.17, 15) is 52.7 Å². The third-order valence-corrected chi connectivity index (χ3v) is 22.4. The largest absolute Gasteiger partial charge is 0.417 e. The van der Waals surface area contributed by atoms with Gasteiger partial charge in [0.05, 0.1) is 56.1 Å². The number of anilines is 8. The second kappa shape index (κ2) is 37.3. The summed E-state index contributed by atoms with van der Waals surface area (Å²) in [6.07, 6.45) is -3.33. The third-order valence-electron chi connectivity index (χ3n) is 22.4. The molecule has 18 rings (SSSR count). The minimum absolute atomic E-state index is 0.0747. The van der Waals surface area contributed by atoms with Gasteiger partial charge in [-0.1, -0.05) is 136 Å². The lowest BCUT2D eigenvalue weighted by molar-refractivity contribution is -0.137. The number of piperidine rings is 2. The molecule has 2 saturated heterocycles. The molecule has 30 heteroatoms. The van der Waals surface area contributed by atoms with E-state index in [4.69, 9.17) is 9.97 Å². The number of H-pyrrole nitrogens is 4. The van der Waals surface area contributed by atoms with Gasteiger partial charge in [0.15, 0.2) is 23.3 Å². The molecule has 10 N–H and O–H groups in total. The topological polar surface area (TPSA) is 238 Å². The molecule has 0 unspecified atom stereocenters. The molecule has 0 amide bonds. The highest BCUT2D eigenvalue weighted by molar-refractivity contribution is 5.93. The molecular formula is C92H90F12N18. The maximum Gasteiger partial charge on any atom is 0.417 e. The Balaban J connectivity index is 0.000000126. The van der Waals surface area contributed by atoms with Gasteiger partial charge in [-0.05, 0) is 188 Å². The van der Waals surface area contributed by atoms with Crippen molar-refractivity contribution >= 4 is 67.8 Å². The highest BCUT2D eigenvalue weighted by atomic mass is 19.4. The van der Waals surface area contributed by atoms with E-state index >= 15 is 0 Å². The molecule has 0 spiro atoms. The Labute approximate surface area is 695 Å². The minimum atomic E-state index is -4.46. The molecule has 122 heavy (non-hydrogen) atoms. The summed E-state index contributed by atoms with van der Waals surface area (Å²) in [6.45, 7) is 7.25. The molecule has 4 aliphatic rings. The van der Waals surface area contributed by atoms with E-state index in [-0.39, 0.29) is 45.9 Å². The fraction of sp³-hybridized carbons (Fsp3) is 0.304. The predicted octanol–water partition coefficient (Wildman–Crippen LogP) is 24.9. The van der Waals surface area contributed by atoms with Crippen LogP contribution in [0.3, 0.4) is 0 Å². The van der Waals surface area contributed by atoms with Crippen LogP contribution < -0.4 is 31.9 Å². The zero-order valence-corrected chi connectivity index (χ0v) is 66.8. The number of halogens is 12. The molecule has 4 fully saturated rings. The highest BCUT2D eigenvalue weighted by Crippen LogP contribution is 2.46. The van der Waals surface area contributed by atoms with Crippen LogP contribution >= 0.6 is 0 Å². The zero-order chi connectivity index (χ0) is 85.1. The van der Waals surface area contributed by atoms with Gasteiger partial charge in [-0.2, -0.15) is 73.1 Å². The van der Waals surface area contributed by atoms with Gasteiger partial charge in [0.25, 0.3) is 0 Å². The van der Waals surface area contributed by atoms with Crippen LogP contribution in [0, 0.1) is 13.8 Å². The summed E-state index contributed by atoms with van der Waals surface area (Å²) < 4.78 is 164. The maximum atomic E-state index is 13.7. The van der Waals surface area contributed by atoms with Gasteiger partial charge in [0.2, 0.25) is 0 Å². The number of nitrogens with one attached hydrogen (secondary N) is 10. The number of para-hydroxylation sites is 2. The van der Waals surface area contributed by atoms with Gasteiger partial charge in [0, 0.05) is 126 Å². The highest BCUT2D eigenvalue weighted by Gasteiger charge is 2.38. The van der Waals surface area contributed by atoms with E-state index in [0.29, 0.717) is 68.8 Å². The first-order valence-corrected chi connectivity index (χ1v) is 40.9. The van der Waals surface area contributed by atoms with Crippen LogP contribution in [0.5, 0.6) is 0 Å². The van der Waals surface area contributed by atoms with Crippen molar-refractivity contribution in [2.24, 2.45) is 0 Å². The Morgan fingerprint density at radius 2 is 0.557 bits per heavy atom. The molecule has 18 nitrogen and oxygen atoms in total. The SMILES string of the molecule is Cc1cc(Nc2cc(-c3ccccc3C(F)(F)F)nc(C3CCCCC3)c2)n[nH]1.Cc1cc(Nc2cc(-c3ccccc3C(F)(F)F)nc(C3CCNCC3)c2)n[nH]1.FC(F)(F)c1ccccc1-c1cc(Nc2n[nH]c3ccccc23)cc(C2CCCCC2)n1.FC(F)(F)c1ccccc1-c1cc(Nc2n[nH]c3ccccc23)cc(C2CCNCC2)n1. The number of nitrogens with zero attached hydrogens (tertiary/aromatic N) is 8. The molecule has 0 bridgehead atoms. The summed E-state index contributed by atoms with van der Waals surface area (Å²) in [6, 6.07) is 55.9. The van der Waals surface area contributed by atoms with E-state index in [2.05, 4.69) is 82.7 Å². The van der Waals surface area contributed by atoms with Crippen molar-refractivity contribution in [1.82, 2.24) is 71.4 Å². The van der Waals surface area contributed by atoms with E-state index in [0.717, 1.165) is 183 Å². The average Bonchev–Trinajstić information content (AvgIpc) is 1.72. The standard InChI is InChI=1S/C25H23F3N4.C24H22F3N5.C22H23F3N4.C21H22F3N5/c26-25(27,28)20-12-6-4-10-18(20)23-15-17(14-22(30-23)16-8-2-1-3-9-16)29-24-19-11-5-7-13-21(19)31-32-24;25-24(26,27)19-7-3-1-5-17(19)22-14-16(13-21(30-22)15-9-11-28-12-10-15)29-23-18-6-2-4-8-20(18)31-32-23;1-14-11-21(29-28-14)26-16-12-19(15-7-3-2-4-8-15)27-20(13-16)17-9-5-6-10-18(17)22(23,24)25;1-13-10-20(29-28-13)26-15-11-18(14-6-8-25-9-7-14)27-19(12-15)16-4-2-3-5-17(16)21(22,23)24/h4-7,10-16H,1-3,8-9H2,(H2,29,30,31,32);1-8,13-15,28H,9-12H2,(H2,29,30,31,32);5-6,9-13,15H,2-4,7-8H2,1H3,(H2,26,27,28,29);2-5,10-12,14,25H,6-9H2,1H3,(H2,26,27,28,29). The third kappa shape index (κ3) is 20.9. The normalized spacial score (nSPS) is 15.3. The second-order valence-corrected chi connectivity index (χ2v) is 31.2. The number of fused-ring (bicyclic) bond motifs is 2. The van der Waals surface area contributed by atoms with Crippen LogP contribution in [0.15, 0.2) is 206 Å². The van der Waals surface area contributed by atoms with Gasteiger partial charge < -0.3 is 31.9 Å². The maximum absolute atomic E-state index is 13.7.